The summed E-state index contributed by atoms with van der Waals surface area (Å²) in [5.74, 6) is 0.895. The molecule has 1 heterocycles. The Bertz CT molecular complexity index is 392. The zero-order valence-corrected chi connectivity index (χ0v) is 8.12. The topological polar surface area (TPSA) is 40.7 Å². The highest BCUT2D eigenvalue weighted by Gasteiger charge is 2.00. The van der Waals surface area contributed by atoms with E-state index in [9.17, 15) is 0 Å². The lowest BCUT2D eigenvalue weighted by atomic mass is 10.2. The van der Waals surface area contributed by atoms with Crippen LogP contribution >= 0.6 is 0 Å². The fourth-order valence-corrected chi connectivity index (χ4v) is 1.36. The van der Waals surface area contributed by atoms with Crippen molar-refractivity contribution < 1.29 is 0 Å². The number of rotatable bonds is 3. The van der Waals surface area contributed by atoms with Crippen LogP contribution in [-0.4, -0.2) is 16.7 Å². The number of hydrogen-bond acceptors (Lipinski definition) is 2. The van der Waals surface area contributed by atoms with Crippen LogP contribution in [0.4, 0.5) is 5.82 Å². The van der Waals surface area contributed by atoms with Crippen LogP contribution in [0.5, 0.6) is 0 Å². The quantitative estimate of drug-likeness (QED) is 0.775. The zero-order chi connectivity index (χ0) is 9.80. The lowest BCUT2D eigenvalue weighted by Gasteiger charge is -1.94. The first-order valence-electron chi connectivity index (χ1n) is 4.75. The second-order valence-corrected chi connectivity index (χ2v) is 3.06. The molecule has 0 radical (unpaired) electrons. The summed E-state index contributed by atoms with van der Waals surface area (Å²) in [7, 11) is 0. The molecule has 0 atom stereocenters. The second-order valence-electron chi connectivity index (χ2n) is 3.06. The Balaban J connectivity index is 2.25. The first kappa shape index (κ1) is 8.81. The molecule has 0 saturated heterocycles. The van der Waals surface area contributed by atoms with Gasteiger partial charge in [0.1, 0.15) is 5.82 Å². The van der Waals surface area contributed by atoms with Gasteiger partial charge >= 0.3 is 0 Å². The molecule has 0 unspecified atom stereocenters. The lowest BCUT2D eigenvalue weighted by Crippen LogP contribution is -1.95. The van der Waals surface area contributed by atoms with Gasteiger partial charge in [0.2, 0.25) is 0 Å². The third-order valence-corrected chi connectivity index (χ3v) is 2.02. The third kappa shape index (κ3) is 1.76. The minimum absolute atomic E-state index is 0.888. The van der Waals surface area contributed by atoms with E-state index >= 15 is 0 Å². The van der Waals surface area contributed by atoms with E-state index in [-0.39, 0.29) is 0 Å². The summed E-state index contributed by atoms with van der Waals surface area (Å²) in [6.45, 7) is 2.94. The molecule has 0 saturated carbocycles. The molecule has 3 nitrogen and oxygen atoms in total. The van der Waals surface area contributed by atoms with Gasteiger partial charge in [-0.15, -0.1) is 0 Å². The van der Waals surface area contributed by atoms with Crippen molar-refractivity contribution in [1.82, 2.24) is 10.2 Å². The average Bonchev–Trinajstić information content (AvgIpc) is 2.68. The Hall–Kier alpha value is -1.77. The van der Waals surface area contributed by atoms with Crippen molar-refractivity contribution in [2.24, 2.45) is 0 Å². The maximum Gasteiger partial charge on any atom is 0.148 e. The normalized spacial score (nSPS) is 10.1. The SMILES string of the molecule is CCNc1cc(-c2ccccc2)[nH]n1. The molecule has 3 heteroatoms. The van der Waals surface area contributed by atoms with Gasteiger partial charge in [-0.1, -0.05) is 30.3 Å². The summed E-state index contributed by atoms with van der Waals surface area (Å²) in [4.78, 5) is 0. The lowest BCUT2D eigenvalue weighted by molar-refractivity contribution is 1.07. The summed E-state index contributed by atoms with van der Waals surface area (Å²) in [6, 6.07) is 12.2. The van der Waals surface area contributed by atoms with Crippen LogP contribution in [-0.2, 0) is 0 Å². The molecule has 0 amide bonds. The number of nitrogens with one attached hydrogen (secondary N) is 2. The van der Waals surface area contributed by atoms with Crippen LogP contribution in [0.1, 0.15) is 6.92 Å². The van der Waals surface area contributed by atoms with Crippen molar-refractivity contribution in [2.45, 2.75) is 6.92 Å². The van der Waals surface area contributed by atoms with Crippen LogP contribution in [0.15, 0.2) is 36.4 Å². The predicted molar refractivity (Wildman–Crippen MR) is 58.2 cm³/mol. The summed E-state index contributed by atoms with van der Waals surface area (Å²) in [6.07, 6.45) is 0. The van der Waals surface area contributed by atoms with Gasteiger partial charge in [0, 0.05) is 12.6 Å². The van der Waals surface area contributed by atoms with Gasteiger partial charge in [-0.25, -0.2) is 0 Å². The molecule has 2 N–H and O–H groups in total. The number of nitrogens with zero attached hydrogens (tertiary/aromatic N) is 1. The standard InChI is InChI=1S/C11H13N3/c1-2-12-11-8-10(13-14-11)9-6-4-3-5-7-9/h3-8H,2H2,1H3,(H2,12,13,14). The number of hydrogen-bond donors (Lipinski definition) is 2. The molecule has 0 fully saturated rings. The molecular formula is C11H13N3. The van der Waals surface area contributed by atoms with Crippen molar-refractivity contribution in [1.29, 1.82) is 0 Å². The fourth-order valence-electron chi connectivity index (χ4n) is 1.36. The number of benzene rings is 1. The molecule has 2 aromatic rings. The highest BCUT2D eigenvalue weighted by atomic mass is 15.2. The Morgan fingerprint density at radius 1 is 1.29 bits per heavy atom. The number of aromatic amines is 1. The molecule has 1 aromatic carbocycles. The van der Waals surface area contributed by atoms with Crippen molar-refractivity contribution in [3.63, 3.8) is 0 Å². The molecule has 14 heavy (non-hydrogen) atoms. The van der Waals surface area contributed by atoms with Gasteiger partial charge in [0.15, 0.2) is 0 Å². The van der Waals surface area contributed by atoms with Crippen LogP contribution in [0.2, 0.25) is 0 Å². The molecule has 0 aliphatic carbocycles. The van der Waals surface area contributed by atoms with E-state index in [0.717, 1.165) is 23.6 Å². The largest absolute Gasteiger partial charge is 0.369 e. The molecule has 0 aliphatic heterocycles. The number of aromatic nitrogens is 2. The minimum atomic E-state index is 0.888. The van der Waals surface area contributed by atoms with Gasteiger partial charge in [0.25, 0.3) is 0 Å². The van der Waals surface area contributed by atoms with E-state index in [2.05, 4.69) is 34.6 Å². The van der Waals surface area contributed by atoms with Crippen LogP contribution in [0.3, 0.4) is 0 Å². The monoisotopic (exact) mass is 187 g/mol. The van der Waals surface area contributed by atoms with E-state index in [1.54, 1.807) is 0 Å². The van der Waals surface area contributed by atoms with Crippen molar-refractivity contribution in [2.75, 3.05) is 11.9 Å². The fraction of sp³-hybridized carbons (Fsp3) is 0.182. The third-order valence-electron chi connectivity index (χ3n) is 2.02. The average molecular weight is 187 g/mol. The minimum Gasteiger partial charge on any atom is -0.369 e. The molecule has 0 aliphatic rings. The summed E-state index contributed by atoms with van der Waals surface area (Å²) in [5.41, 5.74) is 2.20. The van der Waals surface area contributed by atoms with Gasteiger partial charge in [-0.2, -0.15) is 5.10 Å². The first-order chi connectivity index (χ1) is 6.90. The molecule has 2 rings (SSSR count). The zero-order valence-electron chi connectivity index (χ0n) is 8.12. The Morgan fingerprint density at radius 3 is 2.79 bits per heavy atom. The van der Waals surface area contributed by atoms with Crippen LogP contribution < -0.4 is 5.32 Å². The number of H-pyrrole nitrogens is 1. The summed E-state index contributed by atoms with van der Waals surface area (Å²) < 4.78 is 0. The Morgan fingerprint density at radius 2 is 2.07 bits per heavy atom. The van der Waals surface area contributed by atoms with Gasteiger partial charge in [-0.3, -0.25) is 5.10 Å². The Labute approximate surface area is 83.2 Å². The van der Waals surface area contributed by atoms with E-state index in [1.807, 2.05) is 24.3 Å². The van der Waals surface area contributed by atoms with Crippen LogP contribution in [0.25, 0.3) is 11.3 Å². The van der Waals surface area contributed by atoms with E-state index in [1.165, 1.54) is 0 Å². The molecule has 72 valence electrons. The predicted octanol–water partition coefficient (Wildman–Crippen LogP) is 2.51. The second kappa shape index (κ2) is 3.96. The van der Waals surface area contributed by atoms with Gasteiger partial charge < -0.3 is 5.32 Å². The number of anilines is 1. The van der Waals surface area contributed by atoms with E-state index in [0.29, 0.717) is 0 Å². The maximum absolute atomic E-state index is 4.15. The summed E-state index contributed by atoms with van der Waals surface area (Å²) >= 11 is 0. The molecule has 0 bridgehead atoms. The summed E-state index contributed by atoms with van der Waals surface area (Å²) in [5, 5.41) is 10.3. The highest BCUT2D eigenvalue weighted by molar-refractivity contribution is 5.62. The molecular weight excluding hydrogens is 174 g/mol. The Kier molecular flexibility index (Phi) is 2.49. The smallest absolute Gasteiger partial charge is 0.148 e. The van der Waals surface area contributed by atoms with Crippen LogP contribution in [0, 0.1) is 0 Å². The first-order valence-corrected chi connectivity index (χ1v) is 4.75. The highest BCUT2D eigenvalue weighted by Crippen LogP contribution is 2.18. The van der Waals surface area contributed by atoms with Gasteiger partial charge in [0.05, 0.1) is 5.69 Å². The van der Waals surface area contributed by atoms with E-state index < -0.39 is 0 Å². The maximum atomic E-state index is 4.15. The van der Waals surface area contributed by atoms with E-state index in [4.69, 9.17) is 0 Å². The van der Waals surface area contributed by atoms with Gasteiger partial charge in [-0.05, 0) is 12.5 Å². The van der Waals surface area contributed by atoms with Crippen molar-refractivity contribution in [3.8, 4) is 11.3 Å². The molecule has 1 aromatic heterocycles. The van der Waals surface area contributed by atoms with Crippen molar-refractivity contribution >= 4 is 5.82 Å². The van der Waals surface area contributed by atoms with Crippen molar-refractivity contribution in [3.05, 3.63) is 36.4 Å². The molecule has 0 spiro atoms.